The third-order valence-corrected chi connectivity index (χ3v) is 5.63. The lowest BCUT2D eigenvalue weighted by atomic mass is 9.88. The molecule has 0 unspecified atom stereocenters. The van der Waals surface area contributed by atoms with Crippen molar-refractivity contribution < 1.29 is 19.2 Å². The number of benzene rings is 2. The summed E-state index contributed by atoms with van der Waals surface area (Å²) in [7, 11) is 0. The van der Waals surface area contributed by atoms with Crippen molar-refractivity contribution in [3.8, 4) is 0 Å². The zero-order valence-corrected chi connectivity index (χ0v) is 17.2. The van der Waals surface area contributed by atoms with E-state index in [9.17, 15) is 9.59 Å². The van der Waals surface area contributed by atoms with Crippen molar-refractivity contribution in [2.24, 2.45) is 5.16 Å². The molecule has 0 aliphatic carbocycles. The summed E-state index contributed by atoms with van der Waals surface area (Å²) in [4.78, 5) is 32.1. The average Bonchev–Trinajstić information content (AvgIpc) is 3.11. The van der Waals surface area contributed by atoms with Crippen LogP contribution in [0.1, 0.15) is 29.6 Å². The van der Waals surface area contributed by atoms with E-state index < -0.39 is 11.7 Å². The number of hydrogen-bond acceptors (Lipinski definition) is 5. The van der Waals surface area contributed by atoms with Crippen molar-refractivity contribution in [1.29, 1.82) is 0 Å². The van der Waals surface area contributed by atoms with Crippen molar-refractivity contribution in [2.75, 3.05) is 18.4 Å². The Balaban J connectivity index is 1.28. The van der Waals surface area contributed by atoms with Gasteiger partial charge in [0, 0.05) is 41.7 Å². The Morgan fingerprint density at radius 1 is 1.07 bits per heavy atom. The first-order chi connectivity index (χ1) is 14.0. The average molecular weight is 458 g/mol. The molecule has 2 heterocycles. The van der Waals surface area contributed by atoms with Gasteiger partial charge in [0.15, 0.2) is 0 Å². The van der Waals surface area contributed by atoms with Gasteiger partial charge in [0.1, 0.15) is 5.60 Å². The van der Waals surface area contributed by atoms with Crippen LogP contribution in [0.25, 0.3) is 0 Å². The summed E-state index contributed by atoms with van der Waals surface area (Å²) in [5, 5.41) is 6.61. The number of likely N-dealkylation sites (tertiary alicyclic amines) is 1. The molecule has 0 bridgehead atoms. The van der Waals surface area contributed by atoms with Crippen LogP contribution in [0.4, 0.5) is 10.5 Å². The molecule has 0 aromatic heterocycles. The van der Waals surface area contributed by atoms with E-state index >= 15 is 0 Å². The zero-order chi connectivity index (χ0) is 20.3. The topological polar surface area (TPSA) is 80.2 Å². The molecule has 4 rings (SSSR count). The molecule has 29 heavy (non-hydrogen) atoms. The molecule has 2 aromatic rings. The van der Waals surface area contributed by atoms with E-state index in [1.165, 1.54) is 0 Å². The number of nitrogens with one attached hydrogen (secondary N) is 1. The van der Waals surface area contributed by atoms with E-state index in [0.717, 1.165) is 4.47 Å². The van der Waals surface area contributed by atoms with Gasteiger partial charge in [0.25, 0.3) is 5.91 Å². The molecule has 2 aliphatic rings. The molecule has 150 valence electrons. The van der Waals surface area contributed by atoms with Gasteiger partial charge in [-0.25, -0.2) is 4.79 Å². The second kappa shape index (κ2) is 8.24. The van der Waals surface area contributed by atoms with E-state index in [4.69, 9.17) is 9.57 Å². The smallest absolute Gasteiger partial charge is 0.392 e. The summed E-state index contributed by atoms with van der Waals surface area (Å²) >= 11 is 3.38. The Morgan fingerprint density at radius 2 is 1.76 bits per heavy atom. The quantitative estimate of drug-likeness (QED) is 0.724. The normalized spacial score (nSPS) is 17.4. The Labute approximate surface area is 176 Å². The molecule has 0 saturated carbocycles. The van der Waals surface area contributed by atoms with Gasteiger partial charge >= 0.3 is 6.09 Å². The van der Waals surface area contributed by atoms with Gasteiger partial charge < -0.3 is 14.5 Å². The minimum absolute atomic E-state index is 0.00461. The fourth-order valence-corrected chi connectivity index (χ4v) is 3.74. The molecule has 2 amide bonds. The Kier molecular flexibility index (Phi) is 5.53. The van der Waals surface area contributed by atoms with Crippen LogP contribution < -0.4 is 5.32 Å². The van der Waals surface area contributed by atoms with Crippen molar-refractivity contribution >= 4 is 39.5 Å². The highest BCUT2D eigenvalue weighted by molar-refractivity contribution is 9.10. The van der Waals surface area contributed by atoms with Gasteiger partial charge in [-0.3, -0.25) is 10.1 Å². The Hall–Kier alpha value is -2.87. The zero-order valence-electron chi connectivity index (χ0n) is 15.6. The van der Waals surface area contributed by atoms with E-state index in [1.54, 1.807) is 12.1 Å². The predicted octanol–water partition coefficient (Wildman–Crippen LogP) is 4.41. The summed E-state index contributed by atoms with van der Waals surface area (Å²) < 4.78 is 6.22. The van der Waals surface area contributed by atoms with Gasteiger partial charge in [-0.1, -0.05) is 39.3 Å². The monoisotopic (exact) mass is 457 g/mol. The minimum Gasteiger partial charge on any atom is -0.392 e. The van der Waals surface area contributed by atoms with Gasteiger partial charge in [0.2, 0.25) is 5.90 Å². The van der Waals surface area contributed by atoms with Crippen molar-refractivity contribution in [2.45, 2.75) is 24.9 Å². The van der Waals surface area contributed by atoms with Crippen LogP contribution in [0.15, 0.2) is 64.2 Å². The number of anilines is 1. The van der Waals surface area contributed by atoms with E-state index in [1.807, 2.05) is 47.4 Å². The number of nitrogens with zero attached hydrogens (tertiary/aromatic N) is 2. The number of piperidine rings is 1. The van der Waals surface area contributed by atoms with Gasteiger partial charge in [0.05, 0.1) is 6.42 Å². The minimum atomic E-state index is -0.599. The van der Waals surface area contributed by atoms with E-state index in [0.29, 0.717) is 43.6 Å². The number of carbonyl (C=O) groups is 2. The van der Waals surface area contributed by atoms with E-state index in [-0.39, 0.29) is 11.8 Å². The van der Waals surface area contributed by atoms with Crippen LogP contribution in [-0.2, 0) is 9.57 Å². The first-order valence-electron chi connectivity index (χ1n) is 9.37. The fourth-order valence-electron chi connectivity index (χ4n) is 3.47. The second-order valence-electron chi connectivity index (χ2n) is 7.12. The fraction of sp³-hybridized carbons (Fsp3) is 0.286. The standard InChI is InChI=1S/C21H20BrN3O4/c22-16-8-6-15(7-9-16)19(26)25-12-10-21(11-13-25)14-18(24-29-21)28-20(27)23-17-4-2-1-3-5-17/h1-9H,10-14H2,(H,23,27). The molecule has 8 heteroatoms. The number of amides is 2. The second-order valence-corrected chi connectivity index (χ2v) is 8.03. The van der Waals surface area contributed by atoms with E-state index in [2.05, 4.69) is 26.4 Å². The number of oxime groups is 1. The lowest BCUT2D eigenvalue weighted by Gasteiger charge is -2.37. The maximum atomic E-state index is 12.7. The van der Waals surface area contributed by atoms with Gasteiger partial charge in [-0.15, -0.1) is 0 Å². The summed E-state index contributed by atoms with van der Waals surface area (Å²) in [6, 6.07) is 16.4. The molecule has 7 nitrogen and oxygen atoms in total. The number of halogens is 1. The van der Waals surface area contributed by atoms with Crippen molar-refractivity contribution in [3.63, 3.8) is 0 Å². The van der Waals surface area contributed by atoms with Crippen LogP contribution >= 0.6 is 15.9 Å². The number of carbonyl (C=O) groups excluding carboxylic acids is 2. The number of hydrogen-bond donors (Lipinski definition) is 1. The van der Waals surface area contributed by atoms with Crippen molar-refractivity contribution in [1.82, 2.24) is 4.90 Å². The first-order valence-corrected chi connectivity index (χ1v) is 10.2. The lowest BCUT2D eigenvalue weighted by molar-refractivity contribution is -0.0568. The molecule has 1 spiro atoms. The lowest BCUT2D eigenvalue weighted by Crippen LogP contribution is -2.47. The Morgan fingerprint density at radius 3 is 2.45 bits per heavy atom. The highest BCUT2D eigenvalue weighted by atomic mass is 79.9. The maximum Gasteiger partial charge on any atom is 0.418 e. The van der Waals surface area contributed by atoms with Crippen LogP contribution in [0.3, 0.4) is 0 Å². The molecule has 1 saturated heterocycles. The Bertz CT molecular complexity index is 923. The molecular weight excluding hydrogens is 438 g/mol. The summed E-state index contributed by atoms with van der Waals surface area (Å²) in [5.41, 5.74) is 0.791. The van der Waals surface area contributed by atoms with Crippen molar-refractivity contribution in [3.05, 3.63) is 64.6 Å². The molecule has 0 atom stereocenters. The largest absolute Gasteiger partial charge is 0.418 e. The summed E-state index contributed by atoms with van der Waals surface area (Å²) in [5.74, 6) is 0.260. The SMILES string of the molecule is O=C(Nc1ccccc1)OC1=NOC2(CCN(C(=O)c3ccc(Br)cc3)CC2)C1. The van der Waals surface area contributed by atoms with Crippen LogP contribution in [0, 0.1) is 0 Å². The summed E-state index contributed by atoms with van der Waals surface area (Å²) in [6.07, 6.45) is 1.08. The predicted molar refractivity (Wildman–Crippen MR) is 112 cm³/mol. The molecule has 1 fully saturated rings. The number of rotatable bonds is 2. The van der Waals surface area contributed by atoms with Crippen LogP contribution in [0.2, 0.25) is 0 Å². The van der Waals surface area contributed by atoms with Crippen LogP contribution in [0.5, 0.6) is 0 Å². The maximum absolute atomic E-state index is 12.7. The van der Waals surface area contributed by atoms with Gasteiger partial charge in [-0.05, 0) is 36.4 Å². The molecule has 1 N–H and O–H groups in total. The third kappa shape index (κ3) is 4.59. The molecule has 2 aromatic carbocycles. The van der Waals surface area contributed by atoms with Gasteiger partial charge in [-0.2, -0.15) is 0 Å². The first kappa shape index (κ1) is 19.4. The number of ether oxygens (including phenoxy) is 1. The highest BCUT2D eigenvalue weighted by Crippen LogP contribution is 2.35. The number of para-hydroxylation sites is 1. The molecular formula is C21H20BrN3O4. The molecule has 0 radical (unpaired) electrons. The molecule has 2 aliphatic heterocycles. The third-order valence-electron chi connectivity index (χ3n) is 5.10. The van der Waals surface area contributed by atoms with Crippen LogP contribution in [-0.4, -0.2) is 41.5 Å². The summed E-state index contributed by atoms with van der Waals surface area (Å²) in [6.45, 7) is 1.13. The highest BCUT2D eigenvalue weighted by Gasteiger charge is 2.44.